The van der Waals surface area contributed by atoms with E-state index in [1.807, 2.05) is 44.4 Å². The summed E-state index contributed by atoms with van der Waals surface area (Å²) in [6.07, 6.45) is 3.23. The monoisotopic (exact) mass is 306 g/mol. The molecule has 0 bridgehead atoms. The molecule has 2 unspecified atom stereocenters. The Kier molecular flexibility index (Phi) is 5.28. The van der Waals surface area contributed by atoms with Crippen LogP contribution in [0.4, 0.5) is 5.69 Å². The molecule has 1 heterocycles. The van der Waals surface area contributed by atoms with E-state index in [2.05, 4.69) is 5.32 Å². The maximum atomic E-state index is 12.8. The number of hydrogen-bond acceptors (Lipinski definition) is 3. The molecular formula is C16H22N2O2S. The first-order chi connectivity index (χ1) is 10.1. The van der Waals surface area contributed by atoms with E-state index in [0.29, 0.717) is 13.0 Å². The van der Waals surface area contributed by atoms with Gasteiger partial charge in [-0.1, -0.05) is 20.3 Å². The second-order valence-corrected chi connectivity index (χ2v) is 6.25. The first kappa shape index (κ1) is 15.9. The van der Waals surface area contributed by atoms with Gasteiger partial charge in [0.2, 0.25) is 11.8 Å². The zero-order chi connectivity index (χ0) is 15.4. The van der Waals surface area contributed by atoms with Gasteiger partial charge in [0.05, 0.1) is 0 Å². The van der Waals surface area contributed by atoms with Crippen molar-refractivity contribution in [1.29, 1.82) is 0 Å². The average Bonchev–Trinajstić information content (AvgIpc) is 2.66. The Morgan fingerprint density at radius 2 is 2.00 bits per heavy atom. The Balaban J connectivity index is 2.27. The standard InChI is InChI=1S/C16H22N2O2S/c1-4-11(2)15-16(20)18(10-9-14(19)17-15)12-5-7-13(21-3)8-6-12/h5-8,11,15H,4,9-10H2,1-3H3,(H,17,19). The highest BCUT2D eigenvalue weighted by Crippen LogP contribution is 2.24. The maximum Gasteiger partial charge on any atom is 0.249 e. The Labute approximate surface area is 130 Å². The number of carbonyl (C=O) groups is 2. The highest BCUT2D eigenvalue weighted by atomic mass is 32.2. The lowest BCUT2D eigenvalue weighted by molar-refractivity contribution is -0.126. The van der Waals surface area contributed by atoms with Crippen LogP contribution in [-0.4, -0.2) is 30.7 Å². The minimum Gasteiger partial charge on any atom is -0.344 e. The normalized spacial score (nSPS) is 20.9. The van der Waals surface area contributed by atoms with Gasteiger partial charge < -0.3 is 10.2 Å². The third-order valence-electron chi connectivity index (χ3n) is 4.01. The molecule has 1 N–H and O–H groups in total. The van der Waals surface area contributed by atoms with E-state index < -0.39 is 6.04 Å². The number of hydrogen-bond donors (Lipinski definition) is 1. The molecule has 1 aromatic carbocycles. The summed E-state index contributed by atoms with van der Waals surface area (Å²) in [5.41, 5.74) is 0.864. The van der Waals surface area contributed by atoms with Crippen LogP contribution in [0, 0.1) is 5.92 Å². The maximum absolute atomic E-state index is 12.8. The van der Waals surface area contributed by atoms with Gasteiger partial charge in [-0.25, -0.2) is 0 Å². The van der Waals surface area contributed by atoms with Gasteiger partial charge in [0, 0.05) is 23.5 Å². The summed E-state index contributed by atoms with van der Waals surface area (Å²) in [6, 6.07) is 7.49. The minimum absolute atomic E-state index is 0.00731. The van der Waals surface area contributed by atoms with Gasteiger partial charge in [-0.3, -0.25) is 9.59 Å². The van der Waals surface area contributed by atoms with Crippen molar-refractivity contribution in [3.05, 3.63) is 24.3 Å². The first-order valence-electron chi connectivity index (χ1n) is 7.31. The Morgan fingerprint density at radius 1 is 1.33 bits per heavy atom. The molecule has 0 spiro atoms. The number of nitrogens with zero attached hydrogens (tertiary/aromatic N) is 1. The molecule has 2 rings (SSSR count). The second-order valence-electron chi connectivity index (χ2n) is 5.37. The van der Waals surface area contributed by atoms with Crippen LogP contribution < -0.4 is 10.2 Å². The molecule has 0 radical (unpaired) electrons. The van der Waals surface area contributed by atoms with Crippen LogP contribution in [-0.2, 0) is 9.59 Å². The van der Waals surface area contributed by atoms with Gasteiger partial charge in [0.15, 0.2) is 0 Å². The molecule has 1 aliphatic rings. The van der Waals surface area contributed by atoms with Crippen LogP contribution in [0.2, 0.25) is 0 Å². The summed E-state index contributed by atoms with van der Waals surface area (Å²) in [5.74, 6) is 0.0801. The number of rotatable bonds is 4. The van der Waals surface area contributed by atoms with Crippen LogP contribution >= 0.6 is 11.8 Å². The molecule has 0 aliphatic carbocycles. The van der Waals surface area contributed by atoms with E-state index >= 15 is 0 Å². The molecule has 2 atom stereocenters. The van der Waals surface area contributed by atoms with Crippen molar-refractivity contribution in [2.45, 2.75) is 37.6 Å². The van der Waals surface area contributed by atoms with Gasteiger partial charge in [0.1, 0.15) is 6.04 Å². The highest BCUT2D eigenvalue weighted by molar-refractivity contribution is 7.98. The van der Waals surface area contributed by atoms with Crippen LogP contribution in [0.1, 0.15) is 26.7 Å². The van der Waals surface area contributed by atoms with Gasteiger partial charge >= 0.3 is 0 Å². The molecule has 21 heavy (non-hydrogen) atoms. The summed E-state index contributed by atoms with van der Waals surface area (Å²) in [7, 11) is 0. The summed E-state index contributed by atoms with van der Waals surface area (Å²) in [6.45, 7) is 4.48. The Hall–Kier alpha value is -1.49. The average molecular weight is 306 g/mol. The topological polar surface area (TPSA) is 49.4 Å². The molecule has 4 nitrogen and oxygen atoms in total. The van der Waals surface area contributed by atoms with Crippen molar-refractivity contribution in [2.24, 2.45) is 5.92 Å². The van der Waals surface area contributed by atoms with Crippen molar-refractivity contribution >= 4 is 29.3 Å². The van der Waals surface area contributed by atoms with E-state index in [1.54, 1.807) is 16.7 Å². The zero-order valence-corrected chi connectivity index (χ0v) is 13.6. The molecule has 5 heteroatoms. The van der Waals surface area contributed by atoms with E-state index in [9.17, 15) is 9.59 Å². The zero-order valence-electron chi connectivity index (χ0n) is 12.8. The highest BCUT2D eigenvalue weighted by Gasteiger charge is 2.33. The van der Waals surface area contributed by atoms with Crippen molar-refractivity contribution in [2.75, 3.05) is 17.7 Å². The number of thioether (sulfide) groups is 1. The molecule has 0 aromatic heterocycles. The number of anilines is 1. The minimum atomic E-state index is -0.426. The lowest BCUT2D eigenvalue weighted by Gasteiger charge is -2.27. The molecule has 1 aromatic rings. The van der Waals surface area contributed by atoms with Crippen molar-refractivity contribution in [3.63, 3.8) is 0 Å². The quantitative estimate of drug-likeness (QED) is 0.870. The Bertz CT molecular complexity index is 516. The van der Waals surface area contributed by atoms with E-state index in [-0.39, 0.29) is 17.7 Å². The van der Waals surface area contributed by atoms with Crippen LogP contribution in [0.5, 0.6) is 0 Å². The summed E-state index contributed by atoms with van der Waals surface area (Å²) >= 11 is 1.67. The third-order valence-corrected chi connectivity index (χ3v) is 4.75. The van der Waals surface area contributed by atoms with E-state index in [4.69, 9.17) is 0 Å². The molecule has 0 saturated carbocycles. The number of benzene rings is 1. The number of nitrogens with one attached hydrogen (secondary N) is 1. The SMILES string of the molecule is CCC(C)C1NC(=O)CCN(c2ccc(SC)cc2)C1=O. The summed E-state index contributed by atoms with van der Waals surface area (Å²) in [5, 5.41) is 2.87. The lowest BCUT2D eigenvalue weighted by atomic mass is 9.98. The second kappa shape index (κ2) is 6.98. The molecule has 1 aliphatic heterocycles. The molecular weight excluding hydrogens is 284 g/mol. The van der Waals surface area contributed by atoms with E-state index in [1.165, 1.54) is 0 Å². The van der Waals surface area contributed by atoms with Gasteiger partial charge in [-0.2, -0.15) is 0 Å². The van der Waals surface area contributed by atoms with Crippen LogP contribution in [0.3, 0.4) is 0 Å². The fourth-order valence-corrected chi connectivity index (χ4v) is 2.85. The predicted molar refractivity (Wildman–Crippen MR) is 86.6 cm³/mol. The first-order valence-corrected chi connectivity index (χ1v) is 8.54. The molecule has 1 saturated heterocycles. The van der Waals surface area contributed by atoms with Crippen LogP contribution in [0.15, 0.2) is 29.2 Å². The van der Waals surface area contributed by atoms with Crippen molar-refractivity contribution in [1.82, 2.24) is 5.32 Å². The summed E-state index contributed by atoms with van der Waals surface area (Å²) < 4.78 is 0. The number of carbonyl (C=O) groups excluding carboxylic acids is 2. The van der Waals surface area contributed by atoms with Gasteiger partial charge in [-0.15, -0.1) is 11.8 Å². The smallest absolute Gasteiger partial charge is 0.249 e. The van der Waals surface area contributed by atoms with Gasteiger partial charge in [-0.05, 0) is 36.4 Å². The van der Waals surface area contributed by atoms with Crippen molar-refractivity contribution < 1.29 is 9.59 Å². The molecule has 114 valence electrons. The van der Waals surface area contributed by atoms with Crippen LogP contribution in [0.25, 0.3) is 0 Å². The fraction of sp³-hybridized carbons (Fsp3) is 0.500. The molecule has 2 amide bonds. The largest absolute Gasteiger partial charge is 0.344 e. The predicted octanol–water partition coefficient (Wildman–Crippen LogP) is 2.68. The lowest BCUT2D eigenvalue weighted by Crippen LogP contribution is -2.48. The molecule has 1 fully saturated rings. The van der Waals surface area contributed by atoms with E-state index in [0.717, 1.165) is 17.0 Å². The summed E-state index contributed by atoms with van der Waals surface area (Å²) in [4.78, 5) is 27.5. The Morgan fingerprint density at radius 3 is 2.57 bits per heavy atom. The van der Waals surface area contributed by atoms with Gasteiger partial charge in [0.25, 0.3) is 0 Å². The third kappa shape index (κ3) is 3.59. The van der Waals surface area contributed by atoms with Crippen molar-refractivity contribution in [3.8, 4) is 0 Å². The number of amides is 2. The fourth-order valence-electron chi connectivity index (χ4n) is 2.44.